The largest absolute Gasteiger partial charge is 0.478 e. The Morgan fingerprint density at radius 1 is 1.53 bits per heavy atom. The number of anilines is 1. The number of pyridine rings is 1. The molecule has 0 aliphatic rings. The SMILES string of the molecule is Cc1ccnc(NCCOCC(F)(F)F)c1C(=O)O. The maximum atomic E-state index is 11.8. The average Bonchev–Trinajstić information content (AvgIpc) is 2.26. The van der Waals surface area contributed by atoms with Gasteiger partial charge in [0.05, 0.1) is 6.61 Å². The zero-order chi connectivity index (χ0) is 14.5. The minimum absolute atomic E-state index is 0.00155. The van der Waals surface area contributed by atoms with Gasteiger partial charge in [0.25, 0.3) is 0 Å². The topological polar surface area (TPSA) is 71.5 Å². The molecule has 106 valence electrons. The Kier molecular flexibility index (Phi) is 5.11. The summed E-state index contributed by atoms with van der Waals surface area (Å²) >= 11 is 0. The minimum atomic E-state index is -4.37. The van der Waals surface area contributed by atoms with E-state index in [0.717, 1.165) is 0 Å². The smallest absolute Gasteiger partial charge is 0.411 e. The van der Waals surface area contributed by atoms with Crippen LogP contribution < -0.4 is 5.32 Å². The zero-order valence-electron chi connectivity index (χ0n) is 10.1. The minimum Gasteiger partial charge on any atom is -0.478 e. The van der Waals surface area contributed by atoms with E-state index >= 15 is 0 Å². The number of ether oxygens (including phenoxy) is 1. The van der Waals surface area contributed by atoms with Gasteiger partial charge in [-0.2, -0.15) is 13.2 Å². The van der Waals surface area contributed by atoms with E-state index in [9.17, 15) is 18.0 Å². The molecule has 5 nitrogen and oxygen atoms in total. The van der Waals surface area contributed by atoms with Gasteiger partial charge in [0.1, 0.15) is 18.0 Å². The highest BCUT2D eigenvalue weighted by molar-refractivity contribution is 5.94. The van der Waals surface area contributed by atoms with E-state index in [1.807, 2.05) is 0 Å². The van der Waals surface area contributed by atoms with E-state index in [2.05, 4.69) is 15.0 Å². The number of hydrogen-bond donors (Lipinski definition) is 2. The van der Waals surface area contributed by atoms with Crippen molar-refractivity contribution in [2.45, 2.75) is 13.1 Å². The third-order valence-corrected chi connectivity index (χ3v) is 2.18. The van der Waals surface area contributed by atoms with Crippen LogP contribution >= 0.6 is 0 Å². The van der Waals surface area contributed by atoms with Gasteiger partial charge in [-0.25, -0.2) is 9.78 Å². The molecule has 0 aliphatic heterocycles. The number of carbonyl (C=O) groups is 1. The number of hydrogen-bond acceptors (Lipinski definition) is 4. The first-order chi connectivity index (χ1) is 8.81. The second kappa shape index (κ2) is 6.37. The summed E-state index contributed by atoms with van der Waals surface area (Å²) in [4.78, 5) is 14.8. The van der Waals surface area contributed by atoms with Crippen LogP contribution in [0.3, 0.4) is 0 Å². The second-order valence-electron chi connectivity index (χ2n) is 3.75. The molecule has 2 N–H and O–H groups in total. The third kappa shape index (κ3) is 5.12. The molecule has 19 heavy (non-hydrogen) atoms. The molecule has 1 aromatic rings. The lowest BCUT2D eigenvalue weighted by Gasteiger charge is -2.11. The number of halogens is 3. The van der Waals surface area contributed by atoms with E-state index in [0.29, 0.717) is 5.56 Å². The summed E-state index contributed by atoms with van der Waals surface area (Å²) in [5, 5.41) is 11.6. The van der Waals surface area contributed by atoms with Crippen LogP contribution in [0.2, 0.25) is 0 Å². The fourth-order valence-electron chi connectivity index (χ4n) is 1.39. The molecule has 1 aromatic heterocycles. The molecular formula is C11H13F3N2O3. The van der Waals surface area contributed by atoms with Crippen molar-refractivity contribution in [3.63, 3.8) is 0 Å². The summed E-state index contributed by atoms with van der Waals surface area (Å²) in [7, 11) is 0. The molecule has 0 bridgehead atoms. The highest BCUT2D eigenvalue weighted by Gasteiger charge is 2.27. The fraction of sp³-hybridized carbons (Fsp3) is 0.455. The van der Waals surface area contributed by atoms with Crippen molar-refractivity contribution in [1.82, 2.24) is 4.98 Å². The molecule has 0 atom stereocenters. The van der Waals surface area contributed by atoms with Gasteiger partial charge in [-0.1, -0.05) is 0 Å². The number of aryl methyl sites for hydroxylation is 1. The van der Waals surface area contributed by atoms with Crippen molar-refractivity contribution in [3.05, 3.63) is 23.4 Å². The van der Waals surface area contributed by atoms with Crippen molar-refractivity contribution in [2.24, 2.45) is 0 Å². The number of nitrogens with zero attached hydrogens (tertiary/aromatic N) is 1. The van der Waals surface area contributed by atoms with E-state index in [-0.39, 0.29) is 24.5 Å². The second-order valence-corrected chi connectivity index (χ2v) is 3.75. The van der Waals surface area contributed by atoms with Crippen molar-refractivity contribution in [2.75, 3.05) is 25.1 Å². The van der Waals surface area contributed by atoms with Crippen LogP contribution in [0.5, 0.6) is 0 Å². The number of alkyl halides is 3. The molecular weight excluding hydrogens is 265 g/mol. The van der Waals surface area contributed by atoms with E-state index in [1.54, 1.807) is 6.92 Å². The summed E-state index contributed by atoms with van der Waals surface area (Å²) < 4.78 is 39.8. The van der Waals surface area contributed by atoms with Gasteiger partial charge in [0.15, 0.2) is 0 Å². The number of nitrogens with one attached hydrogen (secondary N) is 1. The lowest BCUT2D eigenvalue weighted by molar-refractivity contribution is -0.172. The van der Waals surface area contributed by atoms with Crippen LogP contribution in [-0.4, -0.2) is 42.0 Å². The molecule has 0 amide bonds. The number of aromatic carboxylic acids is 1. The lowest BCUT2D eigenvalue weighted by Crippen LogP contribution is -2.21. The fourth-order valence-corrected chi connectivity index (χ4v) is 1.39. The molecule has 0 radical (unpaired) electrons. The highest BCUT2D eigenvalue weighted by Crippen LogP contribution is 2.16. The Bertz CT molecular complexity index is 449. The Morgan fingerprint density at radius 3 is 2.79 bits per heavy atom. The first kappa shape index (κ1) is 15.2. The Hall–Kier alpha value is -1.83. The average molecular weight is 278 g/mol. The summed E-state index contributed by atoms with van der Waals surface area (Å²) in [6.07, 6.45) is -2.95. The number of rotatable bonds is 6. The normalized spacial score (nSPS) is 11.4. The van der Waals surface area contributed by atoms with Crippen LogP contribution in [0.4, 0.5) is 19.0 Å². The van der Waals surface area contributed by atoms with Crippen molar-refractivity contribution in [3.8, 4) is 0 Å². The summed E-state index contributed by atoms with van der Waals surface area (Å²) in [6, 6.07) is 1.54. The van der Waals surface area contributed by atoms with E-state index in [1.165, 1.54) is 12.3 Å². The van der Waals surface area contributed by atoms with Gasteiger partial charge in [-0.15, -0.1) is 0 Å². The van der Waals surface area contributed by atoms with Gasteiger partial charge in [-0.05, 0) is 18.6 Å². The van der Waals surface area contributed by atoms with Gasteiger partial charge < -0.3 is 15.2 Å². The van der Waals surface area contributed by atoms with Crippen molar-refractivity contribution >= 4 is 11.8 Å². The Morgan fingerprint density at radius 2 is 2.21 bits per heavy atom. The first-order valence-electron chi connectivity index (χ1n) is 5.38. The lowest BCUT2D eigenvalue weighted by atomic mass is 10.1. The molecule has 0 fully saturated rings. The van der Waals surface area contributed by atoms with Crippen LogP contribution in [-0.2, 0) is 4.74 Å². The number of carboxylic acids is 1. The third-order valence-electron chi connectivity index (χ3n) is 2.18. The van der Waals surface area contributed by atoms with Gasteiger partial charge in [-0.3, -0.25) is 0 Å². The van der Waals surface area contributed by atoms with Crippen LogP contribution in [0, 0.1) is 6.92 Å². The molecule has 0 aromatic carbocycles. The van der Waals surface area contributed by atoms with E-state index < -0.39 is 18.8 Å². The summed E-state index contributed by atoms with van der Waals surface area (Å²) in [5.74, 6) is -1.03. The maximum Gasteiger partial charge on any atom is 0.411 e. The molecule has 0 aliphatic carbocycles. The van der Waals surface area contributed by atoms with Gasteiger partial charge in [0.2, 0.25) is 0 Å². The predicted octanol–water partition coefficient (Wildman–Crippen LogP) is 2.08. The predicted molar refractivity (Wildman–Crippen MR) is 61.3 cm³/mol. The van der Waals surface area contributed by atoms with Gasteiger partial charge in [0, 0.05) is 12.7 Å². The van der Waals surface area contributed by atoms with Crippen molar-refractivity contribution < 1.29 is 27.8 Å². The molecule has 0 unspecified atom stereocenters. The van der Waals surface area contributed by atoms with Crippen LogP contribution in [0.25, 0.3) is 0 Å². The molecule has 1 heterocycles. The van der Waals surface area contributed by atoms with Crippen LogP contribution in [0.15, 0.2) is 12.3 Å². The summed E-state index contributed by atoms with van der Waals surface area (Å²) in [6.45, 7) is 0.110. The molecule has 0 saturated heterocycles. The molecule has 0 spiro atoms. The Balaban J connectivity index is 2.50. The molecule has 1 rings (SSSR count). The van der Waals surface area contributed by atoms with E-state index in [4.69, 9.17) is 5.11 Å². The molecule has 0 saturated carbocycles. The highest BCUT2D eigenvalue weighted by atomic mass is 19.4. The zero-order valence-corrected chi connectivity index (χ0v) is 10.1. The number of carboxylic acid groups (broad SMARTS) is 1. The van der Waals surface area contributed by atoms with Crippen molar-refractivity contribution in [1.29, 1.82) is 0 Å². The standard InChI is InChI=1S/C11H13F3N2O3/c1-7-2-3-15-9(8(7)10(17)18)16-4-5-19-6-11(12,13)14/h2-3H,4-6H2,1H3,(H,15,16)(H,17,18). The maximum absolute atomic E-state index is 11.8. The first-order valence-corrected chi connectivity index (χ1v) is 5.38. The van der Waals surface area contributed by atoms with Gasteiger partial charge >= 0.3 is 12.1 Å². The monoisotopic (exact) mass is 278 g/mol. The summed E-state index contributed by atoms with van der Waals surface area (Å²) in [5.41, 5.74) is 0.513. The molecule has 8 heteroatoms. The quantitative estimate of drug-likeness (QED) is 0.779. The van der Waals surface area contributed by atoms with Crippen LogP contribution in [0.1, 0.15) is 15.9 Å². The Labute approximate surface area is 107 Å². The number of aromatic nitrogens is 1.